The van der Waals surface area contributed by atoms with Crippen molar-refractivity contribution in [2.24, 2.45) is 0 Å². The van der Waals surface area contributed by atoms with Crippen molar-refractivity contribution in [1.29, 1.82) is 5.26 Å². The maximum atomic E-state index is 11.7. The molecule has 0 spiro atoms. The van der Waals surface area contributed by atoms with Crippen LogP contribution in [0.3, 0.4) is 0 Å². The molecule has 0 saturated carbocycles. The number of carbonyl (C=O) groups excluding carboxylic acids is 1. The Balaban J connectivity index is 2.44. The highest BCUT2D eigenvalue weighted by Gasteiger charge is 2.14. The zero-order valence-corrected chi connectivity index (χ0v) is 11.8. The SMILES string of the molecule is COC(=O)c1cc(Nc2ccccc2C#N)cc(C)c1N. The Morgan fingerprint density at radius 1 is 1.33 bits per heavy atom. The summed E-state index contributed by atoms with van der Waals surface area (Å²) in [4.78, 5) is 11.7. The Kier molecular flexibility index (Phi) is 4.10. The van der Waals surface area contributed by atoms with E-state index in [1.807, 2.05) is 19.1 Å². The maximum Gasteiger partial charge on any atom is 0.340 e. The lowest BCUT2D eigenvalue weighted by molar-refractivity contribution is 0.0602. The minimum atomic E-state index is -0.493. The van der Waals surface area contributed by atoms with Crippen molar-refractivity contribution in [3.63, 3.8) is 0 Å². The molecule has 0 amide bonds. The topological polar surface area (TPSA) is 88.1 Å². The molecule has 5 nitrogen and oxygen atoms in total. The van der Waals surface area contributed by atoms with Crippen LogP contribution >= 0.6 is 0 Å². The third kappa shape index (κ3) is 2.95. The zero-order valence-electron chi connectivity index (χ0n) is 11.8. The molecule has 3 N–H and O–H groups in total. The fraction of sp³-hybridized carbons (Fsp3) is 0.125. The number of rotatable bonds is 3. The third-order valence-corrected chi connectivity index (χ3v) is 3.12. The van der Waals surface area contributed by atoms with Crippen molar-refractivity contribution in [2.75, 3.05) is 18.2 Å². The fourth-order valence-electron chi connectivity index (χ4n) is 1.99. The lowest BCUT2D eigenvalue weighted by Gasteiger charge is -2.13. The molecule has 0 radical (unpaired) electrons. The molecule has 0 bridgehead atoms. The van der Waals surface area contributed by atoms with Crippen molar-refractivity contribution in [3.05, 3.63) is 53.1 Å². The average Bonchev–Trinajstić information content (AvgIpc) is 2.50. The molecule has 0 fully saturated rings. The predicted molar refractivity (Wildman–Crippen MR) is 81.4 cm³/mol. The zero-order chi connectivity index (χ0) is 15.4. The number of ether oxygens (including phenoxy) is 1. The summed E-state index contributed by atoms with van der Waals surface area (Å²) in [7, 11) is 1.31. The second-order valence-corrected chi connectivity index (χ2v) is 4.53. The number of methoxy groups -OCH3 is 1. The highest BCUT2D eigenvalue weighted by atomic mass is 16.5. The van der Waals surface area contributed by atoms with E-state index in [0.717, 1.165) is 5.56 Å². The van der Waals surface area contributed by atoms with E-state index in [0.29, 0.717) is 28.2 Å². The molecule has 21 heavy (non-hydrogen) atoms. The molecule has 0 saturated heterocycles. The first-order valence-corrected chi connectivity index (χ1v) is 6.31. The van der Waals surface area contributed by atoms with Gasteiger partial charge in [0.1, 0.15) is 6.07 Å². The molecule has 0 aliphatic rings. The predicted octanol–water partition coefficient (Wildman–Crippen LogP) is 2.98. The molecule has 2 aromatic rings. The first-order valence-electron chi connectivity index (χ1n) is 6.31. The van der Waals surface area contributed by atoms with Crippen molar-refractivity contribution in [1.82, 2.24) is 0 Å². The van der Waals surface area contributed by atoms with Gasteiger partial charge in [-0.25, -0.2) is 4.79 Å². The lowest BCUT2D eigenvalue weighted by Crippen LogP contribution is -2.08. The molecule has 2 rings (SSSR count). The van der Waals surface area contributed by atoms with Crippen molar-refractivity contribution in [3.8, 4) is 6.07 Å². The smallest absolute Gasteiger partial charge is 0.340 e. The van der Waals surface area contributed by atoms with Gasteiger partial charge in [0.25, 0.3) is 0 Å². The maximum absolute atomic E-state index is 11.7. The Labute approximate surface area is 123 Å². The van der Waals surface area contributed by atoms with Gasteiger partial charge in [0.15, 0.2) is 0 Å². The van der Waals surface area contributed by atoms with Crippen LogP contribution in [0.5, 0.6) is 0 Å². The quantitative estimate of drug-likeness (QED) is 0.667. The van der Waals surface area contributed by atoms with Crippen molar-refractivity contribution < 1.29 is 9.53 Å². The summed E-state index contributed by atoms with van der Waals surface area (Å²) >= 11 is 0. The van der Waals surface area contributed by atoms with Crippen LogP contribution in [0.2, 0.25) is 0 Å². The van der Waals surface area contributed by atoms with Gasteiger partial charge in [-0.2, -0.15) is 5.26 Å². The number of hydrogen-bond acceptors (Lipinski definition) is 5. The Morgan fingerprint density at radius 2 is 2.05 bits per heavy atom. The van der Waals surface area contributed by atoms with Gasteiger partial charge in [-0.3, -0.25) is 0 Å². The summed E-state index contributed by atoms with van der Waals surface area (Å²) in [5.41, 5.74) is 9.20. The van der Waals surface area contributed by atoms with Gasteiger partial charge in [0, 0.05) is 11.4 Å². The molecule has 0 aliphatic heterocycles. The second-order valence-electron chi connectivity index (χ2n) is 4.53. The number of hydrogen-bond donors (Lipinski definition) is 2. The van der Waals surface area contributed by atoms with Gasteiger partial charge in [-0.1, -0.05) is 12.1 Å². The van der Waals surface area contributed by atoms with Crippen LogP contribution in [0.15, 0.2) is 36.4 Å². The summed E-state index contributed by atoms with van der Waals surface area (Å²) < 4.78 is 4.72. The first kappa shape index (κ1) is 14.4. The van der Waals surface area contributed by atoms with Crippen LogP contribution in [-0.2, 0) is 4.74 Å². The summed E-state index contributed by atoms with van der Waals surface area (Å²) in [6.45, 7) is 1.81. The summed E-state index contributed by atoms with van der Waals surface area (Å²) in [5.74, 6) is -0.493. The van der Waals surface area contributed by atoms with Crippen LogP contribution < -0.4 is 11.1 Å². The standard InChI is InChI=1S/C16H15N3O2/c1-10-7-12(8-13(15(10)18)16(20)21-2)19-14-6-4-3-5-11(14)9-17/h3-8,19H,18H2,1-2H3. The van der Waals surface area contributed by atoms with Gasteiger partial charge in [-0.15, -0.1) is 0 Å². The second kappa shape index (κ2) is 5.97. The minimum absolute atomic E-state index is 0.300. The number of carbonyl (C=O) groups is 1. The Hall–Kier alpha value is -3.00. The van der Waals surface area contributed by atoms with Crippen LogP contribution in [0.1, 0.15) is 21.5 Å². The van der Waals surface area contributed by atoms with E-state index in [2.05, 4.69) is 11.4 Å². The number of nitrogens with one attached hydrogen (secondary N) is 1. The monoisotopic (exact) mass is 281 g/mol. The number of anilines is 3. The normalized spacial score (nSPS) is 9.76. The molecule has 0 aromatic heterocycles. The molecule has 0 heterocycles. The van der Waals surface area contributed by atoms with E-state index in [9.17, 15) is 4.79 Å². The highest BCUT2D eigenvalue weighted by Crippen LogP contribution is 2.27. The molecular formula is C16H15N3O2. The van der Waals surface area contributed by atoms with Crippen LogP contribution in [0.4, 0.5) is 17.1 Å². The van der Waals surface area contributed by atoms with Crippen molar-refractivity contribution in [2.45, 2.75) is 6.92 Å². The van der Waals surface area contributed by atoms with Gasteiger partial charge in [0.2, 0.25) is 0 Å². The largest absolute Gasteiger partial charge is 0.465 e. The van der Waals surface area contributed by atoms with Gasteiger partial charge < -0.3 is 15.8 Å². The van der Waals surface area contributed by atoms with Gasteiger partial charge >= 0.3 is 5.97 Å². The number of aryl methyl sites for hydroxylation is 1. The summed E-state index contributed by atoms with van der Waals surface area (Å²) in [6.07, 6.45) is 0. The van der Waals surface area contributed by atoms with Gasteiger partial charge in [-0.05, 0) is 36.8 Å². The van der Waals surface area contributed by atoms with Crippen LogP contribution in [0, 0.1) is 18.3 Å². The molecular weight excluding hydrogens is 266 g/mol. The number of nitrogens with two attached hydrogens (primary N) is 1. The summed E-state index contributed by atoms with van der Waals surface area (Å²) in [5, 5.41) is 12.2. The van der Waals surface area contributed by atoms with Crippen molar-refractivity contribution >= 4 is 23.0 Å². The van der Waals surface area contributed by atoms with E-state index in [1.54, 1.807) is 24.3 Å². The number of nitrogens with zero attached hydrogens (tertiary/aromatic N) is 1. The van der Waals surface area contributed by atoms with E-state index in [4.69, 9.17) is 15.7 Å². The molecule has 106 valence electrons. The summed E-state index contributed by atoms with van der Waals surface area (Å²) in [6, 6.07) is 12.7. The van der Waals surface area contributed by atoms with E-state index < -0.39 is 5.97 Å². The number of nitriles is 1. The number of nitrogen functional groups attached to an aromatic ring is 1. The van der Waals surface area contributed by atoms with Gasteiger partial charge in [0.05, 0.1) is 23.9 Å². The molecule has 5 heteroatoms. The molecule has 0 atom stereocenters. The number of para-hydroxylation sites is 1. The molecule has 0 unspecified atom stereocenters. The first-order chi connectivity index (χ1) is 10.1. The average molecular weight is 281 g/mol. The Morgan fingerprint density at radius 3 is 2.71 bits per heavy atom. The lowest BCUT2D eigenvalue weighted by atomic mass is 10.1. The molecule has 2 aromatic carbocycles. The Bertz CT molecular complexity index is 733. The molecule has 0 aliphatic carbocycles. The third-order valence-electron chi connectivity index (χ3n) is 3.12. The van der Waals surface area contributed by atoms with E-state index in [1.165, 1.54) is 7.11 Å². The fourth-order valence-corrected chi connectivity index (χ4v) is 1.99. The van der Waals surface area contributed by atoms with Crippen LogP contribution in [-0.4, -0.2) is 13.1 Å². The van der Waals surface area contributed by atoms with Crippen LogP contribution in [0.25, 0.3) is 0 Å². The highest BCUT2D eigenvalue weighted by molar-refractivity contribution is 5.97. The minimum Gasteiger partial charge on any atom is -0.465 e. The van der Waals surface area contributed by atoms with E-state index >= 15 is 0 Å². The number of esters is 1. The number of benzene rings is 2. The van der Waals surface area contributed by atoms with E-state index in [-0.39, 0.29) is 0 Å².